The standard InChI is InChI=1S/C6H11BrO/c7-2-1-5-3-6(5)4-8/h5-6,8H,1-4H2/t5-,6-/m0/s1. The van der Waals surface area contributed by atoms with Crippen LogP contribution in [0.5, 0.6) is 0 Å². The van der Waals surface area contributed by atoms with Gasteiger partial charge in [-0.15, -0.1) is 0 Å². The second-order valence-corrected chi connectivity index (χ2v) is 3.21. The third-order valence-electron chi connectivity index (χ3n) is 1.78. The van der Waals surface area contributed by atoms with Gasteiger partial charge in [0.25, 0.3) is 0 Å². The van der Waals surface area contributed by atoms with Crippen molar-refractivity contribution in [1.29, 1.82) is 0 Å². The van der Waals surface area contributed by atoms with Gasteiger partial charge in [0.1, 0.15) is 0 Å². The Morgan fingerprint density at radius 1 is 1.50 bits per heavy atom. The van der Waals surface area contributed by atoms with Gasteiger partial charge in [-0.25, -0.2) is 0 Å². The van der Waals surface area contributed by atoms with Crippen molar-refractivity contribution in [3.05, 3.63) is 0 Å². The molecular formula is C6H11BrO. The van der Waals surface area contributed by atoms with E-state index in [1.165, 1.54) is 12.8 Å². The summed E-state index contributed by atoms with van der Waals surface area (Å²) in [6.45, 7) is 0.400. The molecule has 0 aromatic heterocycles. The SMILES string of the molecule is OC[C@@H]1C[C@@H]1CCBr. The quantitative estimate of drug-likeness (QED) is 0.649. The van der Waals surface area contributed by atoms with E-state index in [1.54, 1.807) is 0 Å². The molecule has 0 spiro atoms. The molecule has 0 radical (unpaired) electrons. The highest BCUT2D eigenvalue weighted by molar-refractivity contribution is 9.09. The molecule has 0 unspecified atom stereocenters. The summed E-state index contributed by atoms with van der Waals surface area (Å²) < 4.78 is 0. The first kappa shape index (κ1) is 6.56. The Morgan fingerprint density at radius 2 is 2.25 bits per heavy atom. The van der Waals surface area contributed by atoms with Crippen molar-refractivity contribution in [2.75, 3.05) is 11.9 Å². The molecule has 1 N–H and O–H groups in total. The van der Waals surface area contributed by atoms with Crippen molar-refractivity contribution >= 4 is 15.9 Å². The molecule has 0 aromatic carbocycles. The summed E-state index contributed by atoms with van der Waals surface area (Å²) in [5.74, 6) is 1.48. The van der Waals surface area contributed by atoms with E-state index < -0.39 is 0 Å². The van der Waals surface area contributed by atoms with Gasteiger partial charge in [-0.1, -0.05) is 15.9 Å². The van der Waals surface area contributed by atoms with Crippen LogP contribution in [-0.2, 0) is 0 Å². The molecule has 0 saturated heterocycles. The van der Waals surface area contributed by atoms with Crippen LogP contribution in [0.25, 0.3) is 0 Å². The molecule has 2 heteroatoms. The van der Waals surface area contributed by atoms with Gasteiger partial charge in [0, 0.05) is 11.9 Å². The summed E-state index contributed by atoms with van der Waals surface area (Å²) in [4.78, 5) is 0. The van der Waals surface area contributed by atoms with Crippen molar-refractivity contribution in [1.82, 2.24) is 0 Å². The number of alkyl halides is 1. The van der Waals surface area contributed by atoms with E-state index in [1.807, 2.05) is 0 Å². The minimum Gasteiger partial charge on any atom is -0.396 e. The molecule has 2 atom stereocenters. The molecule has 0 bridgehead atoms. The van der Waals surface area contributed by atoms with Crippen LogP contribution < -0.4 is 0 Å². The molecule has 1 aliphatic carbocycles. The molecule has 0 amide bonds. The molecule has 8 heavy (non-hydrogen) atoms. The van der Waals surface area contributed by atoms with Crippen molar-refractivity contribution < 1.29 is 5.11 Å². The zero-order valence-electron chi connectivity index (χ0n) is 4.81. The minimum atomic E-state index is 0.400. The van der Waals surface area contributed by atoms with Gasteiger partial charge in [-0.3, -0.25) is 0 Å². The van der Waals surface area contributed by atoms with E-state index in [0.717, 1.165) is 11.2 Å². The van der Waals surface area contributed by atoms with E-state index in [9.17, 15) is 0 Å². The lowest BCUT2D eigenvalue weighted by Gasteiger charge is -1.88. The van der Waals surface area contributed by atoms with Gasteiger partial charge >= 0.3 is 0 Å². The summed E-state index contributed by atoms with van der Waals surface area (Å²) in [6.07, 6.45) is 2.49. The number of rotatable bonds is 3. The van der Waals surface area contributed by atoms with Gasteiger partial charge in [0.2, 0.25) is 0 Å². The second-order valence-electron chi connectivity index (χ2n) is 2.42. The lowest BCUT2D eigenvalue weighted by Crippen LogP contribution is -1.88. The maximum absolute atomic E-state index is 8.59. The zero-order chi connectivity index (χ0) is 5.98. The van der Waals surface area contributed by atoms with Crippen LogP contribution in [0.4, 0.5) is 0 Å². The van der Waals surface area contributed by atoms with Gasteiger partial charge in [-0.2, -0.15) is 0 Å². The minimum absolute atomic E-state index is 0.400. The highest BCUT2D eigenvalue weighted by Crippen LogP contribution is 2.40. The van der Waals surface area contributed by atoms with Crippen LogP contribution in [0.1, 0.15) is 12.8 Å². The second kappa shape index (κ2) is 2.83. The number of halogens is 1. The highest BCUT2D eigenvalue weighted by Gasteiger charge is 2.34. The highest BCUT2D eigenvalue weighted by atomic mass is 79.9. The number of hydrogen-bond acceptors (Lipinski definition) is 1. The molecule has 0 aromatic rings. The van der Waals surface area contributed by atoms with Gasteiger partial charge in [-0.05, 0) is 24.7 Å². The summed E-state index contributed by atoms with van der Waals surface area (Å²) >= 11 is 3.36. The molecule has 48 valence electrons. The first-order chi connectivity index (χ1) is 3.88. The smallest absolute Gasteiger partial charge is 0.0462 e. The lowest BCUT2D eigenvalue weighted by atomic mass is 10.3. The fourth-order valence-electron chi connectivity index (χ4n) is 1.03. The fourth-order valence-corrected chi connectivity index (χ4v) is 1.62. The molecule has 1 rings (SSSR count). The van der Waals surface area contributed by atoms with E-state index >= 15 is 0 Å². The van der Waals surface area contributed by atoms with Crippen LogP contribution in [0, 0.1) is 11.8 Å². The van der Waals surface area contributed by atoms with Crippen LogP contribution in [0.2, 0.25) is 0 Å². The maximum Gasteiger partial charge on any atom is 0.0462 e. The molecule has 1 aliphatic rings. The monoisotopic (exact) mass is 178 g/mol. The third kappa shape index (κ3) is 1.46. The number of aliphatic hydroxyl groups excluding tert-OH is 1. The summed E-state index contributed by atoms with van der Waals surface area (Å²) in [5.41, 5.74) is 0. The molecule has 1 nitrogen and oxygen atoms in total. The Labute approximate surface area is 58.2 Å². The Morgan fingerprint density at radius 3 is 2.62 bits per heavy atom. The third-order valence-corrected chi connectivity index (χ3v) is 2.24. The zero-order valence-corrected chi connectivity index (χ0v) is 6.39. The van der Waals surface area contributed by atoms with Gasteiger partial charge in [0.15, 0.2) is 0 Å². The van der Waals surface area contributed by atoms with Crippen molar-refractivity contribution in [2.24, 2.45) is 11.8 Å². The first-order valence-electron chi connectivity index (χ1n) is 3.05. The Kier molecular flexibility index (Phi) is 2.32. The predicted molar refractivity (Wildman–Crippen MR) is 37.1 cm³/mol. The largest absolute Gasteiger partial charge is 0.396 e. The molecular weight excluding hydrogens is 168 g/mol. The molecule has 0 aliphatic heterocycles. The Hall–Kier alpha value is 0.440. The lowest BCUT2D eigenvalue weighted by molar-refractivity contribution is 0.268. The van der Waals surface area contributed by atoms with Crippen molar-refractivity contribution in [3.63, 3.8) is 0 Å². The average molecular weight is 179 g/mol. The van der Waals surface area contributed by atoms with E-state index in [0.29, 0.717) is 12.5 Å². The van der Waals surface area contributed by atoms with Crippen LogP contribution in [0.15, 0.2) is 0 Å². The maximum atomic E-state index is 8.59. The Bertz CT molecular complexity index is 74.9. The first-order valence-corrected chi connectivity index (χ1v) is 4.17. The topological polar surface area (TPSA) is 20.2 Å². The van der Waals surface area contributed by atoms with Crippen LogP contribution >= 0.6 is 15.9 Å². The molecule has 1 fully saturated rings. The van der Waals surface area contributed by atoms with Crippen LogP contribution in [-0.4, -0.2) is 17.0 Å². The Balaban J connectivity index is 1.99. The van der Waals surface area contributed by atoms with Gasteiger partial charge in [0.05, 0.1) is 0 Å². The average Bonchev–Trinajstić information content (AvgIpc) is 2.48. The van der Waals surface area contributed by atoms with E-state index in [4.69, 9.17) is 5.11 Å². The summed E-state index contributed by atoms with van der Waals surface area (Å²) in [5, 5.41) is 9.68. The summed E-state index contributed by atoms with van der Waals surface area (Å²) in [7, 11) is 0. The van der Waals surface area contributed by atoms with Crippen molar-refractivity contribution in [3.8, 4) is 0 Å². The number of hydrogen-bond donors (Lipinski definition) is 1. The van der Waals surface area contributed by atoms with Crippen molar-refractivity contribution in [2.45, 2.75) is 12.8 Å². The van der Waals surface area contributed by atoms with E-state index in [2.05, 4.69) is 15.9 Å². The normalized spacial score (nSPS) is 35.2. The molecule has 0 heterocycles. The summed E-state index contributed by atoms with van der Waals surface area (Å²) in [6, 6.07) is 0. The fraction of sp³-hybridized carbons (Fsp3) is 1.00. The molecule has 1 saturated carbocycles. The van der Waals surface area contributed by atoms with Crippen LogP contribution in [0.3, 0.4) is 0 Å². The van der Waals surface area contributed by atoms with E-state index in [-0.39, 0.29) is 0 Å². The number of aliphatic hydroxyl groups is 1. The predicted octanol–water partition coefficient (Wildman–Crippen LogP) is 1.40. The van der Waals surface area contributed by atoms with Gasteiger partial charge < -0.3 is 5.11 Å².